The van der Waals surface area contributed by atoms with Gasteiger partial charge in [-0.1, -0.05) is 12.8 Å². The van der Waals surface area contributed by atoms with Crippen molar-refractivity contribution in [1.82, 2.24) is 4.98 Å². The SMILES string of the molecule is N=C(N)c1ccc(N2CCCC3CCCCC32)cn1. The van der Waals surface area contributed by atoms with Gasteiger partial charge in [0.1, 0.15) is 11.5 Å². The number of aromatic nitrogens is 1. The topological polar surface area (TPSA) is 66.0 Å². The first-order chi connectivity index (χ1) is 9.25. The number of nitrogens with one attached hydrogen (secondary N) is 1. The second kappa shape index (κ2) is 5.19. The zero-order chi connectivity index (χ0) is 13.2. The molecule has 1 aromatic heterocycles. The van der Waals surface area contributed by atoms with Crippen LogP contribution in [0.5, 0.6) is 0 Å². The lowest BCUT2D eigenvalue weighted by Crippen LogP contribution is -2.47. The van der Waals surface area contributed by atoms with Crippen LogP contribution in [0, 0.1) is 11.3 Å². The molecule has 1 saturated heterocycles. The fourth-order valence-corrected chi connectivity index (χ4v) is 3.66. The molecule has 1 aliphatic carbocycles. The zero-order valence-corrected chi connectivity index (χ0v) is 11.3. The summed E-state index contributed by atoms with van der Waals surface area (Å²) in [6.07, 6.45) is 10.0. The number of hydrogen-bond donors (Lipinski definition) is 2. The van der Waals surface area contributed by atoms with E-state index in [2.05, 4.69) is 16.0 Å². The quantitative estimate of drug-likeness (QED) is 0.633. The lowest BCUT2D eigenvalue weighted by atomic mass is 9.78. The Bertz CT molecular complexity index is 452. The van der Waals surface area contributed by atoms with Crippen LogP contribution in [-0.4, -0.2) is 23.4 Å². The van der Waals surface area contributed by atoms with Crippen molar-refractivity contribution < 1.29 is 0 Å². The van der Waals surface area contributed by atoms with Crippen LogP contribution >= 0.6 is 0 Å². The number of rotatable bonds is 2. The number of nitrogens with zero attached hydrogens (tertiary/aromatic N) is 2. The number of nitrogen functional groups attached to an aromatic ring is 1. The molecule has 1 aliphatic heterocycles. The molecule has 0 bridgehead atoms. The molecule has 1 saturated carbocycles. The minimum atomic E-state index is 0.0423. The summed E-state index contributed by atoms with van der Waals surface area (Å²) in [4.78, 5) is 6.83. The fourth-order valence-electron chi connectivity index (χ4n) is 3.66. The van der Waals surface area contributed by atoms with Crippen molar-refractivity contribution in [2.45, 2.75) is 44.6 Å². The largest absolute Gasteiger partial charge is 0.382 e. The number of pyridine rings is 1. The highest BCUT2D eigenvalue weighted by atomic mass is 15.2. The number of piperidine rings is 1. The zero-order valence-electron chi connectivity index (χ0n) is 11.3. The Balaban J connectivity index is 1.81. The normalized spacial score (nSPS) is 26.8. The van der Waals surface area contributed by atoms with E-state index in [-0.39, 0.29) is 5.84 Å². The van der Waals surface area contributed by atoms with Gasteiger partial charge in [-0.3, -0.25) is 10.4 Å². The fraction of sp³-hybridized carbons (Fsp3) is 0.600. The Morgan fingerprint density at radius 3 is 2.74 bits per heavy atom. The highest BCUT2D eigenvalue weighted by Crippen LogP contribution is 2.37. The predicted octanol–water partition coefficient (Wildman–Crippen LogP) is 2.52. The van der Waals surface area contributed by atoms with Crippen LogP contribution in [0.25, 0.3) is 0 Å². The molecule has 0 spiro atoms. The van der Waals surface area contributed by atoms with Gasteiger partial charge in [0.05, 0.1) is 11.9 Å². The van der Waals surface area contributed by atoms with Gasteiger partial charge >= 0.3 is 0 Å². The maximum atomic E-state index is 7.40. The Kier molecular flexibility index (Phi) is 3.40. The Hall–Kier alpha value is -1.58. The number of anilines is 1. The van der Waals surface area contributed by atoms with Crippen molar-refractivity contribution in [3.05, 3.63) is 24.0 Å². The third-order valence-electron chi connectivity index (χ3n) is 4.60. The molecule has 2 aliphatic rings. The summed E-state index contributed by atoms with van der Waals surface area (Å²) in [6, 6.07) is 4.64. The van der Waals surface area contributed by atoms with Gasteiger partial charge in [-0.25, -0.2) is 0 Å². The standard InChI is InChI=1S/C15H22N4/c16-15(17)13-8-7-12(10-18-13)19-9-3-5-11-4-1-2-6-14(11)19/h7-8,10-11,14H,1-6,9H2,(H3,16,17). The first kappa shape index (κ1) is 12.5. The predicted molar refractivity (Wildman–Crippen MR) is 77.6 cm³/mol. The summed E-state index contributed by atoms with van der Waals surface area (Å²) >= 11 is 0. The van der Waals surface area contributed by atoms with E-state index in [0.717, 1.165) is 12.5 Å². The van der Waals surface area contributed by atoms with Gasteiger partial charge in [0.15, 0.2) is 0 Å². The molecule has 4 nitrogen and oxygen atoms in total. The van der Waals surface area contributed by atoms with Gasteiger partial charge in [0.25, 0.3) is 0 Å². The first-order valence-corrected chi connectivity index (χ1v) is 7.33. The number of fused-ring (bicyclic) bond motifs is 1. The molecule has 1 aromatic rings. The molecule has 4 heteroatoms. The first-order valence-electron chi connectivity index (χ1n) is 7.33. The minimum absolute atomic E-state index is 0.0423. The van der Waals surface area contributed by atoms with Crippen molar-refractivity contribution >= 4 is 11.5 Å². The average molecular weight is 258 g/mol. The van der Waals surface area contributed by atoms with E-state index in [1.54, 1.807) is 0 Å². The van der Waals surface area contributed by atoms with Crippen molar-refractivity contribution in [3.63, 3.8) is 0 Å². The van der Waals surface area contributed by atoms with Crippen LogP contribution in [0.4, 0.5) is 5.69 Å². The van der Waals surface area contributed by atoms with E-state index in [9.17, 15) is 0 Å². The highest BCUT2D eigenvalue weighted by Gasteiger charge is 2.33. The Morgan fingerprint density at radius 2 is 2.00 bits per heavy atom. The molecule has 102 valence electrons. The smallest absolute Gasteiger partial charge is 0.141 e. The molecule has 3 N–H and O–H groups in total. The molecule has 0 amide bonds. The van der Waals surface area contributed by atoms with Crippen LogP contribution in [-0.2, 0) is 0 Å². The Labute approximate surface area is 114 Å². The molecule has 3 rings (SSSR count). The Morgan fingerprint density at radius 1 is 1.21 bits per heavy atom. The van der Waals surface area contributed by atoms with Crippen LogP contribution in [0.1, 0.15) is 44.2 Å². The monoisotopic (exact) mass is 258 g/mol. The highest BCUT2D eigenvalue weighted by molar-refractivity contribution is 5.93. The third-order valence-corrected chi connectivity index (χ3v) is 4.60. The van der Waals surface area contributed by atoms with Crippen LogP contribution in [0.3, 0.4) is 0 Å². The van der Waals surface area contributed by atoms with Crippen molar-refractivity contribution in [1.29, 1.82) is 5.41 Å². The summed E-state index contributed by atoms with van der Waals surface area (Å²) in [6.45, 7) is 1.14. The minimum Gasteiger partial charge on any atom is -0.382 e. The summed E-state index contributed by atoms with van der Waals surface area (Å²) in [5.41, 5.74) is 7.22. The molecule has 2 fully saturated rings. The molecular weight excluding hydrogens is 236 g/mol. The maximum Gasteiger partial charge on any atom is 0.141 e. The van der Waals surface area contributed by atoms with Crippen LogP contribution < -0.4 is 10.6 Å². The van der Waals surface area contributed by atoms with Gasteiger partial charge in [-0.05, 0) is 43.7 Å². The van der Waals surface area contributed by atoms with Crippen molar-refractivity contribution in [2.75, 3.05) is 11.4 Å². The van der Waals surface area contributed by atoms with E-state index in [0.29, 0.717) is 11.7 Å². The molecule has 0 radical (unpaired) electrons. The summed E-state index contributed by atoms with van der Waals surface area (Å²) in [5, 5.41) is 7.40. The molecule has 2 unspecified atom stereocenters. The van der Waals surface area contributed by atoms with E-state index in [4.69, 9.17) is 11.1 Å². The van der Waals surface area contributed by atoms with Crippen molar-refractivity contribution in [2.24, 2.45) is 11.7 Å². The molecular formula is C15H22N4. The van der Waals surface area contributed by atoms with E-state index in [1.807, 2.05) is 12.3 Å². The average Bonchev–Trinajstić information content (AvgIpc) is 2.47. The number of hydrogen-bond acceptors (Lipinski definition) is 3. The van der Waals surface area contributed by atoms with Crippen LogP contribution in [0.15, 0.2) is 18.3 Å². The van der Waals surface area contributed by atoms with E-state index in [1.165, 1.54) is 44.2 Å². The molecule has 2 heterocycles. The number of nitrogens with two attached hydrogens (primary N) is 1. The van der Waals surface area contributed by atoms with E-state index < -0.39 is 0 Å². The van der Waals surface area contributed by atoms with Gasteiger partial charge in [-0.2, -0.15) is 0 Å². The van der Waals surface area contributed by atoms with Crippen molar-refractivity contribution in [3.8, 4) is 0 Å². The second-order valence-corrected chi connectivity index (χ2v) is 5.76. The maximum absolute atomic E-state index is 7.40. The van der Waals surface area contributed by atoms with Gasteiger partial charge < -0.3 is 10.6 Å². The summed E-state index contributed by atoms with van der Waals surface area (Å²) < 4.78 is 0. The lowest BCUT2D eigenvalue weighted by molar-refractivity contribution is 0.243. The van der Waals surface area contributed by atoms with E-state index >= 15 is 0 Å². The summed E-state index contributed by atoms with van der Waals surface area (Å²) in [5.74, 6) is 0.913. The third kappa shape index (κ3) is 2.44. The summed E-state index contributed by atoms with van der Waals surface area (Å²) in [7, 11) is 0. The van der Waals surface area contributed by atoms with Crippen LogP contribution in [0.2, 0.25) is 0 Å². The molecule has 0 aromatic carbocycles. The second-order valence-electron chi connectivity index (χ2n) is 5.76. The lowest BCUT2D eigenvalue weighted by Gasteiger charge is -2.45. The van der Waals surface area contributed by atoms with Gasteiger partial charge in [0, 0.05) is 12.6 Å². The molecule has 2 atom stereocenters. The van der Waals surface area contributed by atoms with Gasteiger partial charge in [0.2, 0.25) is 0 Å². The number of amidine groups is 1. The molecule has 19 heavy (non-hydrogen) atoms. The van der Waals surface area contributed by atoms with Gasteiger partial charge in [-0.15, -0.1) is 0 Å².